The molecule has 0 aliphatic heterocycles. The smallest absolute Gasteiger partial charge is 0.326 e. The van der Waals surface area contributed by atoms with Gasteiger partial charge in [-0.3, -0.25) is 24.2 Å². The van der Waals surface area contributed by atoms with Gasteiger partial charge in [0.1, 0.15) is 18.1 Å². The third-order valence-corrected chi connectivity index (χ3v) is 4.22. The zero-order chi connectivity index (χ0) is 24.0. The Balaban J connectivity index is 5.21. The molecule has 31 heavy (non-hydrogen) atoms. The van der Waals surface area contributed by atoms with E-state index in [-0.39, 0.29) is 44.1 Å². The third kappa shape index (κ3) is 12.3. The van der Waals surface area contributed by atoms with Crippen molar-refractivity contribution >= 4 is 48.2 Å². The van der Waals surface area contributed by atoms with Crippen LogP contribution in [-0.4, -0.2) is 82.8 Å². The largest absolute Gasteiger partial charge is 0.481 e. The van der Waals surface area contributed by atoms with Crippen molar-refractivity contribution in [1.82, 2.24) is 16.0 Å². The van der Waals surface area contributed by atoms with Gasteiger partial charge in [-0.2, -0.15) is 12.6 Å². The first-order valence-electron chi connectivity index (χ1n) is 9.22. The molecule has 0 aliphatic carbocycles. The van der Waals surface area contributed by atoms with Crippen LogP contribution in [0, 0.1) is 0 Å². The Kier molecular flexibility index (Phi) is 13.4. The first kappa shape index (κ1) is 27.9. The predicted octanol–water partition coefficient (Wildman–Crippen LogP) is -3.67. The molecule has 14 nitrogen and oxygen atoms in total. The van der Waals surface area contributed by atoms with Gasteiger partial charge in [0, 0.05) is 18.7 Å². The molecule has 0 fully saturated rings. The first-order chi connectivity index (χ1) is 14.5. The molecule has 0 aromatic rings. The molecule has 11 N–H and O–H groups in total. The van der Waals surface area contributed by atoms with E-state index >= 15 is 0 Å². The maximum absolute atomic E-state index is 12.6. The lowest BCUT2D eigenvalue weighted by Crippen LogP contribution is -2.56. The molecule has 3 amide bonds. The van der Waals surface area contributed by atoms with E-state index in [1.54, 1.807) is 0 Å². The fraction of sp³-hybridized carbons (Fsp3) is 0.625. The second kappa shape index (κ2) is 14.8. The summed E-state index contributed by atoms with van der Waals surface area (Å²) >= 11 is 3.95. The van der Waals surface area contributed by atoms with E-state index in [9.17, 15) is 29.1 Å². The number of amides is 3. The molecule has 176 valence electrons. The number of rotatable bonds is 15. The number of aliphatic carboxylic acids is 2. The summed E-state index contributed by atoms with van der Waals surface area (Å²) in [6.45, 7) is -0.230. The number of carboxylic acids is 2. The van der Waals surface area contributed by atoms with Gasteiger partial charge in [0.15, 0.2) is 5.96 Å². The molecular weight excluding hydrogens is 434 g/mol. The molecule has 15 heteroatoms. The first-order valence-corrected chi connectivity index (χ1v) is 9.86. The number of carboxylic acid groups (broad SMARTS) is 2. The Morgan fingerprint density at radius 3 is 1.97 bits per heavy atom. The summed E-state index contributed by atoms with van der Waals surface area (Å²) < 4.78 is 0. The summed E-state index contributed by atoms with van der Waals surface area (Å²) in [6, 6.07) is -3.81. The van der Waals surface area contributed by atoms with E-state index in [0.717, 1.165) is 0 Å². The molecule has 0 rings (SSSR count). The lowest BCUT2D eigenvalue weighted by Gasteiger charge is -2.23. The van der Waals surface area contributed by atoms with Gasteiger partial charge < -0.3 is 43.4 Å². The monoisotopic (exact) mass is 463 g/mol. The van der Waals surface area contributed by atoms with Crippen LogP contribution in [0.4, 0.5) is 0 Å². The lowest BCUT2D eigenvalue weighted by molar-refractivity contribution is -0.143. The van der Waals surface area contributed by atoms with Gasteiger partial charge in [0.25, 0.3) is 0 Å². The second-order valence-corrected chi connectivity index (χ2v) is 6.71. The number of aliphatic imine (C=N–C) groups is 1. The number of nitrogens with zero attached hydrogens (tertiary/aromatic N) is 1. The molecule has 0 heterocycles. The highest BCUT2D eigenvalue weighted by Crippen LogP contribution is 2.04. The van der Waals surface area contributed by atoms with Crippen molar-refractivity contribution < 1.29 is 34.2 Å². The molecule has 0 saturated heterocycles. The number of carbonyl (C=O) groups is 5. The Morgan fingerprint density at radius 1 is 0.903 bits per heavy atom. The SMILES string of the molecule is NCC(=O)N[C@@H](CS)C(=O)N[C@@H](CCC(=O)O)C(=O)N[C@@H](CCCN=C(N)N)C(=O)O. The van der Waals surface area contributed by atoms with Crippen molar-refractivity contribution in [2.24, 2.45) is 22.2 Å². The van der Waals surface area contributed by atoms with Crippen LogP contribution in [0.1, 0.15) is 25.7 Å². The lowest BCUT2D eigenvalue weighted by atomic mass is 10.1. The topological polar surface area (TPSA) is 252 Å². The highest BCUT2D eigenvalue weighted by molar-refractivity contribution is 7.80. The molecule has 3 atom stereocenters. The summed E-state index contributed by atoms with van der Waals surface area (Å²) in [5.41, 5.74) is 15.5. The minimum Gasteiger partial charge on any atom is -0.481 e. The summed E-state index contributed by atoms with van der Waals surface area (Å²) in [7, 11) is 0. The molecule has 0 bridgehead atoms. The van der Waals surface area contributed by atoms with E-state index in [1.807, 2.05) is 0 Å². The van der Waals surface area contributed by atoms with Gasteiger partial charge in [0.05, 0.1) is 6.54 Å². The molecule has 0 aliphatic rings. The molecule has 0 unspecified atom stereocenters. The standard InChI is InChI=1S/C16H29N7O7S/c17-6-11(24)21-10(7-31)14(28)22-8(3-4-12(25)26)13(27)23-9(15(29)30)2-1-5-20-16(18)19/h8-10,31H,1-7,17H2,(H,21,24)(H,22,28)(H,23,27)(H,25,26)(H,29,30)(H4,18,19,20)/t8-,9-,10-/m0/s1. The average Bonchev–Trinajstić information content (AvgIpc) is 2.70. The second-order valence-electron chi connectivity index (χ2n) is 6.35. The molecule has 0 saturated carbocycles. The molecule has 0 spiro atoms. The van der Waals surface area contributed by atoms with Gasteiger partial charge in [-0.25, -0.2) is 4.79 Å². The van der Waals surface area contributed by atoms with Gasteiger partial charge in [-0.15, -0.1) is 0 Å². The van der Waals surface area contributed by atoms with Gasteiger partial charge in [0.2, 0.25) is 17.7 Å². The number of guanidine groups is 1. The van der Waals surface area contributed by atoms with Crippen LogP contribution >= 0.6 is 12.6 Å². The van der Waals surface area contributed by atoms with Crippen molar-refractivity contribution in [3.8, 4) is 0 Å². The van der Waals surface area contributed by atoms with E-state index in [1.165, 1.54) is 0 Å². The summed E-state index contributed by atoms with van der Waals surface area (Å²) in [4.78, 5) is 62.4. The van der Waals surface area contributed by atoms with Crippen LogP contribution < -0.4 is 33.2 Å². The summed E-state index contributed by atoms with van der Waals surface area (Å²) in [5.74, 6) is -5.16. The molecule has 0 aromatic carbocycles. The number of hydrogen-bond acceptors (Lipinski definition) is 8. The number of hydrogen-bond donors (Lipinski definition) is 9. The van der Waals surface area contributed by atoms with Crippen LogP contribution in [0.15, 0.2) is 4.99 Å². The Morgan fingerprint density at radius 2 is 1.48 bits per heavy atom. The van der Waals surface area contributed by atoms with Crippen LogP contribution in [-0.2, 0) is 24.0 Å². The quantitative estimate of drug-likeness (QED) is 0.0497. The normalized spacial score (nSPS) is 13.2. The maximum Gasteiger partial charge on any atom is 0.326 e. The van der Waals surface area contributed by atoms with E-state index < -0.39 is 54.2 Å². The maximum atomic E-state index is 12.6. The van der Waals surface area contributed by atoms with Crippen molar-refractivity contribution in [3.05, 3.63) is 0 Å². The zero-order valence-electron chi connectivity index (χ0n) is 16.7. The van der Waals surface area contributed by atoms with Crippen LogP contribution in [0.5, 0.6) is 0 Å². The zero-order valence-corrected chi connectivity index (χ0v) is 17.6. The Hall–Kier alpha value is -3.07. The van der Waals surface area contributed by atoms with E-state index in [0.29, 0.717) is 0 Å². The van der Waals surface area contributed by atoms with Crippen molar-refractivity contribution in [2.45, 2.75) is 43.8 Å². The van der Waals surface area contributed by atoms with Gasteiger partial charge in [-0.1, -0.05) is 0 Å². The molecule has 0 radical (unpaired) electrons. The highest BCUT2D eigenvalue weighted by Gasteiger charge is 2.29. The molecule has 0 aromatic heterocycles. The average molecular weight is 464 g/mol. The van der Waals surface area contributed by atoms with Crippen molar-refractivity contribution in [2.75, 3.05) is 18.8 Å². The fourth-order valence-corrected chi connectivity index (χ4v) is 2.55. The Bertz CT molecular complexity index is 685. The van der Waals surface area contributed by atoms with Crippen molar-refractivity contribution in [1.29, 1.82) is 0 Å². The number of nitrogens with two attached hydrogens (primary N) is 3. The number of carbonyl (C=O) groups excluding carboxylic acids is 3. The van der Waals surface area contributed by atoms with Gasteiger partial charge >= 0.3 is 11.9 Å². The third-order valence-electron chi connectivity index (χ3n) is 3.86. The number of thiol groups is 1. The van der Waals surface area contributed by atoms with Crippen LogP contribution in [0.3, 0.4) is 0 Å². The van der Waals surface area contributed by atoms with E-state index in [4.69, 9.17) is 22.3 Å². The van der Waals surface area contributed by atoms with E-state index in [2.05, 4.69) is 33.6 Å². The highest BCUT2D eigenvalue weighted by atomic mass is 32.1. The summed E-state index contributed by atoms with van der Waals surface area (Å²) in [6.07, 6.45) is -0.546. The number of nitrogens with one attached hydrogen (secondary N) is 3. The van der Waals surface area contributed by atoms with Crippen LogP contribution in [0.2, 0.25) is 0 Å². The minimum atomic E-state index is -1.36. The predicted molar refractivity (Wildman–Crippen MR) is 113 cm³/mol. The fourth-order valence-electron chi connectivity index (χ4n) is 2.29. The molecular formula is C16H29N7O7S. The minimum absolute atomic E-state index is 0.0106. The van der Waals surface area contributed by atoms with Crippen LogP contribution in [0.25, 0.3) is 0 Å². The van der Waals surface area contributed by atoms with Crippen molar-refractivity contribution in [3.63, 3.8) is 0 Å². The summed E-state index contributed by atoms with van der Waals surface area (Å²) in [5, 5.41) is 25.1. The van der Waals surface area contributed by atoms with Gasteiger partial charge in [-0.05, 0) is 19.3 Å². The Labute approximate surface area is 183 Å².